The molecule has 15 heteroatoms. The van der Waals surface area contributed by atoms with Crippen LogP contribution in [-0.2, 0) is 88.8 Å². The number of carbonyl (C=O) groups is 6. The summed E-state index contributed by atoms with van der Waals surface area (Å²) < 4.78 is 0. The van der Waals surface area contributed by atoms with Crippen molar-refractivity contribution >= 4 is 35.8 Å². The van der Waals surface area contributed by atoms with E-state index in [-0.39, 0.29) is 60.1 Å². The van der Waals surface area contributed by atoms with Crippen LogP contribution in [0.2, 0.25) is 0 Å². The first-order valence-electron chi connectivity index (χ1n) is 5.45. The second-order valence-electron chi connectivity index (χ2n) is 2.95. The molecule has 0 rings (SSSR count). The van der Waals surface area contributed by atoms with Crippen molar-refractivity contribution in [3.63, 3.8) is 0 Å². The van der Waals surface area contributed by atoms with Gasteiger partial charge < -0.3 is 59.4 Å². The topological polar surface area (TPSA) is 241 Å². The van der Waals surface area contributed by atoms with Crippen LogP contribution in [0, 0.1) is 0 Å². The summed E-state index contributed by atoms with van der Waals surface area (Å²) in [5.74, 6) is -6.50. The maximum absolute atomic E-state index is 8.89. The van der Waals surface area contributed by atoms with Crippen LogP contribution in [0.25, 0.3) is 0 Å². The molecule has 12 nitrogen and oxygen atoms in total. The van der Waals surface area contributed by atoms with E-state index >= 15 is 0 Å². The van der Waals surface area contributed by atoms with Gasteiger partial charge in [-0.2, -0.15) is 0 Å². The average molecular weight is 559 g/mol. The summed E-state index contributed by atoms with van der Waals surface area (Å²) in [7, 11) is 0. The van der Waals surface area contributed by atoms with Gasteiger partial charge in [-0.1, -0.05) is 0 Å². The molecule has 0 aliphatic rings. The van der Waals surface area contributed by atoms with Gasteiger partial charge in [-0.25, -0.2) is 0 Å². The predicted octanol–water partition coefficient (Wildman–Crippen LogP) is -7.47. The summed E-state index contributed by atoms with van der Waals surface area (Å²) in [4.78, 5) is 53.3. The van der Waals surface area contributed by atoms with Crippen molar-refractivity contribution in [3.05, 3.63) is 0 Å². The van der Waals surface area contributed by atoms with Crippen molar-refractivity contribution in [2.45, 2.75) is 41.5 Å². The van der Waals surface area contributed by atoms with Crippen molar-refractivity contribution in [2.24, 2.45) is 0 Å². The van der Waals surface area contributed by atoms with Crippen molar-refractivity contribution in [1.82, 2.24) is 0 Å². The van der Waals surface area contributed by atoms with Gasteiger partial charge in [-0.3, -0.25) is 0 Å². The molecule has 0 unspecified atom stereocenters. The molecule has 0 aliphatic heterocycles. The van der Waals surface area contributed by atoms with E-state index in [2.05, 4.69) is 0 Å². The first-order chi connectivity index (χ1) is 10.4. The summed E-state index contributed by atoms with van der Waals surface area (Å²) in [6, 6.07) is 0. The Kier molecular flexibility index (Phi) is 104. The third-order valence-corrected chi connectivity index (χ3v) is 0. The van der Waals surface area contributed by atoms with Gasteiger partial charge in [0.05, 0.1) is 0 Å². The number of carbonyl (C=O) groups excluding carboxylic acids is 6. The fourth-order valence-corrected chi connectivity index (χ4v) is 0. The largest absolute Gasteiger partial charge is 4.00 e. The molecule has 0 heterocycles. The van der Waals surface area contributed by atoms with Crippen LogP contribution in [-0.4, -0.2) is 35.8 Å². The Bertz CT molecular complexity index is 274. The van der Waals surface area contributed by atoms with Crippen molar-refractivity contribution < 1.29 is 119 Å². The van der Waals surface area contributed by atoms with Crippen LogP contribution in [0.1, 0.15) is 41.5 Å². The molecule has 0 N–H and O–H groups in total. The van der Waals surface area contributed by atoms with Crippen LogP contribution < -0.4 is 30.6 Å². The van der Waals surface area contributed by atoms with Gasteiger partial charge in [-0.15, -0.1) is 0 Å². The Hall–Kier alpha value is -1.27. The van der Waals surface area contributed by atoms with E-state index in [9.17, 15) is 0 Å². The maximum atomic E-state index is 8.89. The van der Waals surface area contributed by atoms with Gasteiger partial charge in [0.25, 0.3) is 0 Å². The van der Waals surface area contributed by atoms with E-state index in [1.807, 2.05) is 0 Å². The summed E-state index contributed by atoms with van der Waals surface area (Å²) in [6.07, 6.45) is 0. The maximum Gasteiger partial charge on any atom is 4.00 e. The molecule has 0 spiro atoms. The molecular weight excluding hydrogens is 541 g/mol. The minimum absolute atomic E-state index is 0. The second-order valence-corrected chi connectivity index (χ2v) is 2.95. The van der Waals surface area contributed by atoms with E-state index in [1.54, 1.807) is 0 Å². The fraction of sp³-hybridized carbons (Fsp3) is 0.500. The molecule has 27 heavy (non-hydrogen) atoms. The zero-order valence-corrected chi connectivity index (χ0v) is 19.8. The molecule has 0 amide bonds. The SMILES string of the molecule is CC(=O)[O-].CC(=O)[O-].CC(=O)[O-].CC(=O)[O-].CC(=O)[O-].CC(=O)[O-].[Co].[Mn+2].[Zr+4]. The van der Waals surface area contributed by atoms with E-state index in [1.165, 1.54) is 0 Å². The minimum atomic E-state index is -1.08. The van der Waals surface area contributed by atoms with E-state index < -0.39 is 35.8 Å². The van der Waals surface area contributed by atoms with E-state index in [0.29, 0.717) is 0 Å². The molecule has 0 aromatic heterocycles. The van der Waals surface area contributed by atoms with Crippen LogP contribution in [0.5, 0.6) is 0 Å². The van der Waals surface area contributed by atoms with Gasteiger partial charge in [0.15, 0.2) is 0 Å². The van der Waals surface area contributed by atoms with Gasteiger partial charge in [0.1, 0.15) is 0 Å². The van der Waals surface area contributed by atoms with Crippen LogP contribution in [0.4, 0.5) is 0 Å². The van der Waals surface area contributed by atoms with Crippen LogP contribution >= 0.6 is 0 Å². The van der Waals surface area contributed by atoms with Gasteiger partial charge in [-0.05, 0) is 41.5 Å². The molecule has 0 aromatic carbocycles. The number of aliphatic carboxylic acids is 6. The quantitative estimate of drug-likeness (QED) is 0.251. The van der Waals surface area contributed by atoms with Gasteiger partial charge in [0, 0.05) is 52.6 Å². The minimum Gasteiger partial charge on any atom is -0.550 e. The van der Waals surface area contributed by atoms with Gasteiger partial charge >= 0.3 is 43.3 Å². The van der Waals surface area contributed by atoms with Crippen LogP contribution in [0.15, 0.2) is 0 Å². The Labute approximate surface area is 196 Å². The van der Waals surface area contributed by atoms with Crippen molar-refractivity contribution in [1.29, 1.82) is 0 Å². The van der Waals surface area contributed by atoms with Crippen LogP contribution in [0.3, 0.4) is 0 Å². The number of carboxylic acid groups (broad SMARTS) is 6. The first-order valence-corrected chi connectivity index (χ1v) is 5.45. The molecule has 0 atom stereocenters. The Morgan fingerprint density at radius 1 is 0.407 bits per heavy atom. The molecule has 0 bridgehead atoms. The third kappa shape index (κ3) is 7910. The first kappa shape index (κ1) is 56.2. The van der Waals surface area contributed by atoms with Gasteiger partial charge in [0.2, 0.25) is 0 Å². The molecule has 0 fully saturated rings. The average Bonchev–Trinajstić information content (AvgIpc) is 2.08. The third-order valence-electron chi connectivity index (χ3n) is 0. The summed E-state index contributed by atoms with van der Waals surface area (Å²) >= 11 is 0. The molecule has 0 aliphatic carbocycles. The molecule has 2 radical (unpaired) electrons. The molecule has 158 valence electrons. The predicted molar refractivity (Wildman–Crippen MR) is 64.1 cm³/mol. The van der Waals surface area contributed by atoms with E-state index in [0.717, 1.165) is 41.5 Å². The number of rotatable bonds is 0. The van der Waals surface area contributed by atoms with Crippen molar-refractivity contribution in [2.75, 3.05) is 0 Å². The number of hydrogen-bond acceptors (Lipinski definition) is 12. The Morgan fingerprint density at radius 3 is 0.407 bits per heavy atom. The van der Waals surface area contributed by atoms with Crippen molar-refractivity contribution in [3.8, 4) is 0 Å². The normalized spacial score (nSPS) is 5.56. The summed E-state index contributed by atoms with van der Waals surface area (Å²) in [5.41, 5.74) is 0. The Balaban J connectivity index is -0.0000000201. The standard InChI is InChI=1S/6C2H4O2.Co.Mn.Zr/c6*1-2(3)4;;;/h6*1H3,(H,3,4);;;/q;;;;;;;+2;+4/p-6. The zero-order chi connectivity index (χ0) is 21.5. The number of carboxylic acids is 6. The number of hydrogen-bond donors (Lipinski definition) is 0. The summed E-state index contributed by atoms with van der Waals surface area (Å²) in [5, 5.41) is 53.3. The molecule has 0 aromatic rings. The molecular formula is C12H18CoMnO12Zr. The monoisotopic (exact) mass is 558 g/mol. The smallest absolute Gasteiger partial charge is 0.550 e. The molecule has 0 saturated carbocycles. The second kappa shape index (κ2) is 49.8. The molecule has 0 saturated heterocycles. The zero-order valence-electron chi connectivity index (χ0n) is 15.1. The summed E-state index contributed by atoms with van der Waals surface area (Å²) in [6.45, 7) is 5.83. The van der Waals surface area contributed by atoms with E-state index in [4.69, 9.17) is 59.4 Å². The fourth-order valence-electron chi connectivity index (χ4n) is 0. The Morgan fingerprint density at radius 2 is 0.407 bits per heavy atom.